The Kier molecular flexibility index (Phi) is 9.92. The van der Waals surface area contributed by atoms with Crippen molar-refractivity contribution < 1.29 is 23.0 Å². The Hall–Kier alpha value is -5.69. The van der Waals surface area contributed by atoms with E-state index in [1.165, 1.54) is 16.8 Å². The predicted molar refractivity (Wildman–Crippen MR) is 226 cm³/mol. The number of anilines is 3. The molecule has 61 heavy (non-hydrogen) atoms. The zero-order valence-electron chi connectivity index (χ0n) is 34.9. The van der Waals surface area contributed by atoms with Gasteiger partial charge in [-0.25, -0.2) is 23.4 Å². The first-order valence-corrected chi connectivity index (χ1v) is 20.8. The van der Waals surface area contributed by atoms with Gasteiger partial charge in [0.15, 0.2) is 11.5 Å². The summed E-state index contributed by atoms with van der Waals surface area (Å²) in [7, 11) is 5.77. The van der Waals surface area contributed by atoms with Crippen molar-refractivity contribution in [3.05, 3.63) is 72.3 Å². The predicted octanol–water partition coefficient (Wildman–Crippen LogP) is 4.10. The highest BCUT2D eigenvalue weighted by atomic mass is 19.1. The molecule has 0 saturated carbocycles. The van der Waals surface area contributed by atoms with Gasteiger partial charge in [-0.15, -0.1) is 0 Å². The van der Waals surface area contributed by atoms with Crippen LogP contribution in [-0.4, -0.2) is 152 Å². The van der Waals surface area contributed by atoms with Crippen molar-refractivity contribution in [1.82, 2.24) is 49.1 Å². The van der Waals surface area contributed by atoms with Crippen LogP contribution in [0.4, 0.5) is 26.4 Å². The summed E-state index contributed by atoms with van der Waals surface area (Å²) >= 11 is 0. The summed E-state index contributed by atoms with van der Waals surface area (Å²) in [5, 5.41) is 8.71. The number of halogens is 2. The molecule has 1 N–H and O–H groups in total. The van der Waals surface area contributed by atoms with Gasteiger partial charge in [-0.1, -0.05) is 6.07 Å². The van der Waals surface area contributed by atoms with Gasteiger partial charge in [0.25, 0.3) is 0 Å². The maximum absolute atomic E-state index is 15.3. The standard InChI is InChI=1S/C43H49F2N13O3/c1-25-48-35-11-12-46-38(39(35)55(25)21-31(60-5)20-53(3)4)34-7-6-8-37(50-34)49-27-14-30(22-59)56(17-27)40-32-16-47-58(36-10-9-26(44)13-33(36)45)41(32)52-42(51-40)57-28-15-29(57)19-54(18-28)43(2)23-61-24-43/h6-13,16,22,27-31H,14-15,17-21,23-24H2,1-5H3,(H,49,50). The van der Waals surface area contributed by atoms with Crippen molar-refractivity contribution in [3.63, 3.8) is 0 Å². The monoisotopic (exact) mass is 833 g/mol. The number of aromatic nitrogens is 8. The highest BCUT2D eigenvalue weighted by Crippen LogP contribution is 2.42. The number of benzene rings is 1. The second-order valence-corrected chi connectivity index (χ2v) is 17.3. The van der Waals surface area contributed by atoms with Gasteiger partial charge in [0, 0.05) is 63.7 Å². The molecule has 2 bridgehead atoms. The minimum absolute atomic E-state index is 0.0196. The van der Waals surface area contributed by atoms with E-state index >= 15 is 4.39 Å². The fourth-order valence-corrected chi connectivity index (χ4v) is 9.63. The van der Waals surface area contributed by atoms with E-state index in [1.807, 2.05) is 50.2 Å². The third-order valence-electron chi connectivity index (χ3n) is 12.8. The Morgan fingerprint density at radius 3 is 2.59 bits per heavy atom. The maximum atomic E-state index is 15.3. The minimum atomic E-state index is -0.764. The minimum Gasteiger partial charge on any atom is -0.378 e. The number of likely N-dealkylation sites (N-methyl/N-ethyl adjacent to an activating group) is 1. The number of aldehydes is 1. The zero-order chi connectivity index (χ0) is 42.2. The van der Waals surface area contributed by atoms with Crippen molar-refractivity contribution in [1.29, 1.82) is 0 Å². The third-order valence-corrected chi connectivity index (χ3v) is 12.8. The van der Waals surface area contributed by atoms with Crippen LogP contribution in [0.5, 0.6) is 0 Å². The molecule has 11 rings (SSSR count). The summed E-state index contributed by atoms with van der Waals surface area (Å²) in [6.07, 6.45) is 5.71. The van der Waals surface area contributed by atoms with Gasteiger partial charge >= 0.3 is 0 Å². The second kappa shape index (κ2) is 15.3. The van der Waals surface area contributed by atoms with Crippen molar-refractivity contribution in [2.45, 2.75) is 69.0 Å². The van der Waals surface area contributed by atoms with Crippen LogP contribution < -0.4 is 15.1 Å². The van der Waals surface area contributed by atoms with Crippen molar-refractivity contribution in [2.24, 2.45) is 0 Å². The Balaban J connectivity index is 0.964. The van der Waals surface area contributed by atoms with E-state index in [1.54, 1.807) is 19.5 Å². The Labute approximate surface area is 351 Å². The fourth-order valence-electron chi connectivity index (χ4n) is 9.63. The largest absolute Gasteiger partial charge is 0.378 e. The average Bonchev–Trinajstić information content (AvgIpc) is 3.94. The van der Waals surface area contributed by atoms with Crippen LogP contribution >= 0.6 is 0 Å². The number of hydrogen-bond acceptors (Lipinski definition) is 14. The molecule has 6 aromatic rings. The summed E-state index contributed by atoms with van der Waals surface area (Å²) in [6.45, 7) is 9.09. The molecule has 0 amide bonds. The van der Waals surface area contributed by atoms with Gasteiger partial charge in [-0.05, 0) is 71.1 Å². The summed E-state index contributed by atoms with van der Waals surface area (Å²) in [5.74, 6) is 1.06. The van der Waals surface area contributed by atoms with Gasteiger partial charge < -0.3 is 38.9 Å². The zero-order valence-corrected chi connectivity index (χ0v) is 34.9. The summed E-state index contributed by atoms with van der Waals surface area (Å²) in [4.78, 5) is 46.6. The van der Waals surface area contributed by atoms with E-state index in [-0.39, 0.29) is 35.5 Å². The van der Waals surface area contributed by atoms with Gasteiger partial charge in [0.05, 0.1) is 65.8 Å². The number of methoxy groups -OCH3 is 1. The fraction of sp³-hybridized carbons (Fsp3) is 0.465. The second-order valence-electron chi connectivity index (χ2n) is 17.3. The van der Waals surface area contributed by atoms with Crippen molar-refractivity contribution >= 4 is 45.9 Å². The molecule has 5 aliphatic rings. The van der Waals surface area contributed by atoms with E-state index in [2.05, 4.69) is 36.6 Å². The highest BCUT2D eigenvalue weighted by Gasteiger charge is 2.52. The number of imidazole rings is 1. The smallest absolute Gasteiger partial charge is 0.230 e. The number of nitrogens with zero attached hydrogens (tertiary/aromatic N) is 12. The number of pyridine rings is 2. The third kappa shape index (κ3) is 6.94. The number of hydrogen-bond donors (Lipinski definition) is 1. The highest BCUT2D eigenvalue weighted by molar-refractivity contribution is 5.91. The van der Waals surface area contributed by atoms with Crippen molar-refractivity contribution in [2.75, 3.05) is 75.7 Å². The lowest BCUT2D eigenvalue weighted by molar-refractivity contribution is -0.146. The number of carbonyl (C=O) groups excluding carboxylic acids is 1. The lowest BCUT2D eigenvalue weighted by Gasteiger charge is -2.61. The first kappa shape index (κ1) is 39.4. The molecule has 5 saturated heterocycles. The molecule has 5 unspecified atom stereocenters. The maximum Gasteiger partial charge on any atom is 0.230 e. The van der Waals surface area contributed by atoms with Crippen LogP contribution in [0.25, 0.3) is 39.1 Å². The molecule has 0 radical (unpaired) electrons. The van der Waals surface area contributed by atoms with E-state index in [0.717, 1.165) is 55.3 Å². The van der Waals surface area contributed by atoms with Crippen LogP contribution in [-0.2, 0) is 20.8 Å². The quantitative estimate of drug-likeness (QED) is 0.167. The van der Waals surface area contributed by atoms with Gasteiger partial charge in [0.1, 0.15) is 40.9 Å². The van der Waals surface area contributed by atoms with E-state index in [9.17, 15) is 9.18 Å². The first-order chi connectivity index (χ1) is 29.5. The molecule has 16 nitrogen and oxygen atoms in total. The number of piperazine rings is 1. The number of piperidine rings is 1. The topological polar surface area (TPSA) is 148 Å². The number of carbonyl (C=O) groups is 1. The number of ether oxygens (including phenoxy) is 2. The summed E-state index contributed by atoms with van der Waals surface area (Å²) in [5.41, 5.74) is 3.55. The normalized spacial score (nSPS) is 22.8. The molecule has 1 aromatic carbocycles. The van der Waals surface area contributed by atoms with Gasteiger partial charge in [-0.3, -0.25) is 9.88 Å². The number of nitrogens with one attached hydrogen (secondary N) is 1. The molecule has 5 fully saturated rings. The van der Waals surface area contributed by atoms with E-state index < -0.39 is 17.7 Å². The van der Waals surface area contributed by atoms with Crippen molar-refractivity contribution in [3.8, 4) is 17.1 Å². The van der Waals surface area contributed by atoms with Crippen LogP contribution in [0.3, 0.4) is 0 Å². The van der Waals surface area contributed by atoms with Gasteiger partial charge in [-0.2, -0.15) is 15.1 Å². The molecule has 5 aromatic heterocycles. The number of rotatable bonds is 13. The number of aryl methyl sites for hydroxylation is 1. The Bertz CT molecular complexity index is 2620. The molecule has 5 aliphatic heterocycles. The van der Waals surface area contributed by atoms with Crippen LogP contribution in [0.2, 0.25) is 0 Å². The molecular weight excluding hydrogens is 785 g/mol. The molecule has 318 valence electrons. The SMILES string of the molecule is COC(CN(C)C)Cn1c(C)nc2ccnc(-c3cccc(NC4CC(C=O)N(c5nc(N6C7CC6CN(C6(C)COC6)C7)nc6c5cnn6-c5ccc(F)cc5F)C4)n3)c21. The molecule has 5 atom stereocenters. The van der Waals surface area contributed by atoms with Crippen LogP contribution in [0, 0.1) is 18.6 Å². The van der Waals surface area contributed by atoms with Gasteiger partial charge in [0.2, 0.25) is 5.95 Å². The average molecular weight is 834 g/mol. The Morgan fingerprint density at radius 1 is 1.05 bits per heavy atom. The lowest BCUT2D eigenvalue weighted by Crippen LogP contribution is -2.75. The Morgan fingerprint density at radius 2 is 1.87 bits per heavy atom. The number of fused-ring (bicyclic) bond motifs is 4. The summed E-state index contributed by atoms with van der Waals surface area (Å²) < 4.78 is 44.3. The van der Waals surface area contributed by atoms with E-state index in [4.69, 9.17) is 34.4 Å². The summed E-state index contributed by atoms with van der Waals surface area (Å²) in [6, 6.07) is 10.7. The lowest BCUT2D eigenvalue weighted by atomic mass is 9.83. The molecule has 0 aliphatic carbocycles. The molecule has 10 heterocycles. The molecule has 0 spiro atoms. The van der Waals surface area contributed by atoms with Crippen LogP contribution in [0.15, 0.2) is 54.9 Å². The first-order valence-electron chi connectivity index (χ1n) is 20.8. The molecular formula is C43H49F2N13O3. The van der Waals surface area contributed by atoms with E-state index in [0.29, 0.717) is 72.7 Å². The van der Waals surface area contributed by atoms with Crippen LogP contribution in [0.1, 0.15) is 25.6 Å². The molecule has 18 heteroatoms.